The Hall–Kier alpha value is -1.82. The van der Waals surface area contributed by atoms with E-state index < -0.39 is 0 Å². The van der Waals surface area contributed by atoms with Gasteiger partial charge in [0.25, 0.3) is 0 Å². The lowest BCUT2D eigenvalue weighted by molar-refractivity contribution is -0.0835. The van der Waals surface area contributed by atoms with E-state index in [0.29, 0.717) is 18.3 Å². The molecule has 1 aliphatic heterocycles. The highest BCUT2D eigenvalue weighted by atomic mass is 16.5. The molecule has 2 fully saturated rings. The normalized spacial score (nSPS) is 23.4. The number of rotatable bonds is 7. The number of nitrogens with one attached hydrogen (secondary N) is 2. The van der Waals surface area contributed by atoms with Crippen LogP contribution in [-0.4, -0.2) is 43.9 Å². The molecule has 1 saturated carbocycles. The molecule has 2 heterocycles. The standard InChI is InChI=1S/C22H36N4O2/c1-22(2,3)20-18(6-5-11-27-20)14-26-21(23-4)25-13-17-9-10-24-19(12-17)28-15-16-7-8-16/h9-10,12,16,18,20H,5-8,11,13-15H2,1-4H3,(H2,23,25,26). The van der Waals surface area contributed by atoms with Crippen molar-refractivity contribution >= 4 is 5.96 Å². The van der Waals surface area contributed by atoms with Gasteiger partial charge in [-0.3, -0.25) is 4.99 Å². The van der Waals surface area contributed by atoms with Crippen LogP contribution in [0.1, 0.15) is 52.0 Å². The lowest BCUT2D eigenvalue weighted by Gasteiger charge is -2.40. The van der Waals surface area contributed by atoms with E-state index in [-0.39, 0.29) is 11.5 Å². The lowest BCUT2D eigenvalue weighted by Crippen LogP contribution is -2.47. The monoisotopic (exact) mass is 388 g/mol. The lowest BCUT2D eigenvalue weighted by atomic mass is 9.78. The highest BCUT2D eigenvalue weighted by molar-refractivity contribution is 5.79. The molecule has 1 saturated heterocycles. The van der Waals surface area contributed by atoms with Crippen LogP contribution in [0.5, 0.6) is 5.88 Å². The van der Waals surface area contributed by atoms with Gasteiger partial charge in [-0.1, -0.05) is 20.8 Å². The van der Waals surface area contributed by atoms with Crippen molar-refractivity contribution in [3.05, 3.63) is 23.9 Å². The first-order valence-electron chi connectivity index (χ1n) is 10.6. The maximum atomic E-state index is 6.09. The van der Waals surface area contributed by atoms with E-state index >= 15 is 0 Å². The summed E-state index contributed by atoms with van der Waals surface area (Å²) in [6, 6.07) is 4.02. The van der Waals surface area contributed by atoms with Crippen LogP contribution in [0.15, 0.2) is 23.3 Å². The Balaban J connectivity index is 1.47. The van der Waals surface area contributed by atoms with Gasteiger partial charge < -0.3 is 20.1 Å². The minimum absolute atomic E-state index is 0.150. The van der Waals surface area contributed by atoms with Crippen molar-refractivity contribution in [1.82, 2.24) is 15.6 Å². The first-order valence-corrected chi connectivity index (χ1v) is 10.6. The van der Waals surface area contributed by atoms with Crippen molar-refractivity contribution in [2.24, 2.45) is 22.2 Å². The molecule has 1 aromatic heterocycles. The predicted molar refractivity (Wildman–Crippen MR) is 113 cm³/mol. The number of nitrogens with zero attached hydrogens (tertiary/aromatic N) is 2. The average Bonchev–Trinajstić information content (AvgIpc) is 3.51. The minimum atomic E-state index is 0.150. The van der Waals surface area contributed by atoms with Gasteiger partial charge >= 0.3 is 0 Å². The summed E-state index contributed by atoms with van der Waals surface area (Å²) in [5.74, 6) is 2.75. The van der Waals surface area contributed by atoms with E-state index in [1.54, 1.807) is 0 Å². The highest BCUT2D eigenvalue weighted by Gasteiger charge is 2.35. The molecular formula is C22H36N4O2. The fourth-order valence-corrected chi connectivity index (χ4v) is 3.77. The molecule has 1 aromatic rings. The summed E-state index contributed by atoms with van der Waals surface area (Å²) >= 11 is 0. The predicted octanol–water partition coefficient (Wildman–Crippen LogP) is 3.38. The number of pyridine rings is 1. The summed E-state index contributed by atoms with van der Waals surface area (Å²) in [5, 5.41) is 6.88. The molecule has 0 bridgehead atoms. The number of aliphatic imine (C=N–C) groups is 1. The summed E-state index contributed by atoms with van der Waals surface area (Å²) in [4.78, 5) is 8.68. The number of guanidine groups is 1. The van der Waals surface area contributed by atoms with Crippen LogP contribution in [-0.2, 0) is 11.3 Å². The molecule has 0 radical (unpaired) electrons. The number of ether oxygens (including phenoxy) is 2. The van der Waals surface area contributed by atoms with Gasteiger partial charge in [-0.25, -0.2) is 4.98 Å². The number of hydrogen-bond acceptors (Lipinski definition) is 4. The fraction of sp³-hybridized carbons (Fsp3) is 0.727. The summed E-state index contributed by atoms with van der Waals surface area (Å²) in [6.45, 7) is 9.99. The Kier molecular flexibility index (Phi) is 7.16. The molecule has 2 N–H and O–H groups in total. The Morgan fingerprint density at radius 3 is 2.82 bits per heavy atom. The molecule has 6 nitrogen and oxygen atoms in total. The fourth-order valence-electron chi connectivity index (χ4n) is 3.77. The molecular weight excluding hydrogens is 352 g/mol. The molecule has 2 unspecified atom stereocenters. The SMILES string of the molecule is CN=C(NCc1ccnc(OCC2CC2)c1)NCC1CCCOC1C(C)(C)C. The van der Waals surface area contributed by atoms with Crippen LogP contribution in [0.2, 0.25) is 0 Å². The first-order chi connectivity index (χ1) is 13.5. The average molecular weight is 389 g/mol. The molecule has 0 amide bonds. The van der Waals surface area contributed by atoms with E-state index in [0.717, 1.165) is 43.6 Å². The van der Waals surface area contributed by atoms with E-state index in [1.807, 2.05) is 25.4 Å². The third kappa shape index (κ3) is 6.36. The maximum Gasteiger partial charge on any atom is 0.213 e. The Morgan fingerprint density at radius 2 is 2.11 bits per heavy atom. The van der Waals surface area contributed by atoms with Crippen molar-refractivity contribution in [1.29, 1.82) is 0 Å². The number of aromatic nitrogens is 1. The zero-order chi connectivity index (χ0) is 20.0. The van der Waals surface area contributed by atoms with E-state index in [4.69, 9.17) is 9.47 Å². The topological polar surface area (TPSA) is 67.8 Å². The smallest absolute Gasteiger partial charge is 0.213 e. The highest BCUT2D eigenvalue weighted by Crippen LogP contribution is 2.33. The number of hydrogen-bond donors (Lipinski definition) is 2. The molecule has 2 atom stereocenters. The van der Waals surface area contributed by atoms with Gasteiger partial charge in [0.05, 0.1) is 12.7 Å². The van der Waals surface area contributed by atoms with Crippen molar-refractivity contribution in [2.45, 2.75) is 59.1 Å². The van der Waals surface area contributed by atoms with Crippen LogP contribution < -0.4 is 15.4 Å². The summed E-state index contributed by atoms with van der Waals surface area (Å²) in [7, 11) is 1.81. The summed E-state index contributed by atoms with van der Waals surface area (Å²) in [5.41, 5.74) is 1.29. The molecule has 3 rings (SSSR count). The van der Waals surface area contributed by atoms with Gasteiger partial charge in [0, 0.05) is 44.9 Å². The van der Waals surface area contributed by atoms with Gasteiger partial charge in [0.1, 0.15) is 0 Å². The van der Waals surface area contributed by atoms with Crippen molar-refractivity contribution in [3.8, 4) is 5.88 Å². The quantitative estimate of drug-likeness (QED) is 0.554. The molecule has 1 aliphatic carbocycles. The first kappa shape index (κ1) is 20.9. The Bertz CT molecular complexity index is 652. The molecule has 2 aliphatic rings. The van der Waals surface area contributed by atoms with E-state index in [1.165, 1.54) is 19.3 Å². The summed E-state index contributed by atoms with van der Waals surface area (Å²) < 4.78 is 11.9. The van der Waals surface area contributed by atoms with Crippen LogP contribution in [0.25, 0.3) is 0 Å². The molecule has 0 spiro atoms. The Labute approximate surface area is 169 Å². The van der Waals surface area contributed by atoms with Crippen LogP contribution in [0.3, 0.4) is 0 Å². The third-order valence-corrected chi connectivity index (χ3v) is 5.48. The van der Waals surface area contributed by atoms with Crippen molar-refractivity contribution in [2.75, 3.05) is 26.8 Å². The molecule has 156 valence electrons. The maximum absolute atomic E-state index is 6.09. The zero-order valence-corrected chi connectivity index (χ0v) is 17.8. The zero-order valence-electron chi connectivity index (χ0n) is 17.8. The van der Waals surface area contributed by atoms with E-state index in [2.05, 4.69) is 41.4 Å². The second-order valence-corrected chi connectivity index (χ2v) is 9.12. The van der Waals surface area contributed by atoms with Crippen molar-refractivity contribution in [3.63, 3.8) is 0 Å². The van der Waals surface area contributed by atoms with Crippen LogP contribution in [0, 0.1) is 17.3 Å². The van der Waals surface area contributed by atoms with Crippen LogP contribution >= 0.6 is 0 Å². The second-order valence-electron chi connectivity index (χ2n) is 9.12. The van der Waals surface area contributed by atoms with Gasteiger partial charge in [0.15, 0.2) is 5.96 Å². The van der Waals surface area contributed by atoms with E-state index in [9.17, 15) is 0 Å². The third-order valence-electron chi connectivity index (χ3n) is 5.48. The molecule has 28 heavy (non-hydrogen) atoms. The molecule has 0 aromatic carbocycles. The minimum Gasteiger partial charge on any atom is -0.477 e. The van der Waals surface area contributed by atoms with Crippen LogP contribution in [0.4, 0.5) is 0 Å². The van der Waals surface area contributed by atoms with Gasteiger partial charge in [-0.15, -0.1) is 0 Å². The van der Waals surface area contributed by atoms with Gasteiger partial charge in [0.2, 0.25) is 5.88 Å². The van der Waals surface area contributed by atoms with Gasteiger partial charge in [-0.05, 0) is 48.6 Å². The summed E-state index contributed by atoms with van der Waals surface area (Å²) in [6.07, 6.45) is 6.97. The van der Waals surface area contributed by atoms with Crippen molar-refractivity contribution < 1.29 is 9.47 Å². The Morgan fingerprint density at radius 1 is 1.29 bits per heavy atom. The largest absolute Gasteiger partial charge is 0.477 e. The van der Waals surface area contributed by atoms with Gasteiger partial charge in [-0.2, -0.15) is 0 Å². The molecule has 6 heteroatoms. The second kappa shape index (κ2) is 9.59.